The van der Waals surface area contributed by atoms with E-state index in [1.807, 2.05) is 18.2 Å². The molecular formula is C19H27NO3. The van der Waals surface area contributed by atoms with Crippen molar-refractivity contribution in [2.75, 3.05) is 14.2 Å². The van der Waals surface area contributed by atoms with Crippen LogP contribution >= 0.6 is 0 Å². The number of carbonyl (C=O) groups is 1. The SMILES string of the molecule is COc1ccc(OC)c(C(=O)N(C2CCC(C)CC2)C2CC2)c1. The van der Waals surface area contributed by atoms with Gasteiger partial charge in [-0.05, 0) is 62.6 Å². The number of benzene rings is 1. The molecule has 2 fully saturated rings. The van der Waals surface area contributed by atoms with Crippen molar-refractivity contribution >= 4 is 5.91 Å². The second-order valence-corrected chi connectivity index (χ2v) is 6.92. The van der Waals surface area contributed by atoms with E-state index in [0.717, 1.165) is 31.6 Å². The number of rotatable bonds is 5. The summed E-state index contributed by atoms with van der Waals surface area (Å²) in [7, 11) is 3.24. The first kappa shape index (κ1) is 16.2. The largest absolute Gasteiger partial charge is 0.497 e. The van der Waals surface area contributed by atoms with Gasteiger partial charge in [0.1, 0.15) is 11.5 Å². The molecule has 0 aliphatic heterocycles. The molecule has 0 unspecified atom stereocenters. The van der Waals surface area contributed by atoms with Gasteiger partial charge in [0.05, 0.1) is 19.8 Å². The fourth-order valence-corrected chi connectivity index (χ4v) is 3.62. The molecule has 2 aliphatic carbocycles. The smallest absolute Gasteiger partial charge is 0.258 e. The van der Waals surface area contributed by atoms with E-state index in [9.17, 15) is 4.79 Å². The zero-order valence-corrected chi connectivity index (χ0v) is 14.4. The Morgan fingerprint density at radius 2 is 1.61 bits per heavy atom. The third-order valence-electron chi connectivity index (χ3n) is 5.19. The van der Waals surface area contributed by atoms with E-state index in [4.69, 9.17) is 9.47 Å². The molecule has 0 saturated heterocycles. The minimum atomic E-state index is 0.0998. The van der Waals surface area contributed by atoms with Crippen LogP contribution in [0.25, 0.3) is 0 Å². The number of carbonyl (C=O) groups excluding carboxylic acids is 1. The number of amides is 1. The van der Waals surface area contributed by atoms with Gasteiger partial charge in [-0.15, -0.1) is 0 Å². The highest BCUT2D eigenvalue weighted by Gasteiger charge is 2.39. The van der Waals surface area contributed by atoms with Gasteiger partial charge in [-0.2, -0.15) is 0 Å². The molecular weight excluding hydrogens is 290 g/mol. The summed E-state index contributed by atoms with van der Waals surface area (Å²) in [5.41, 5.74) is 0.623. The Kier molecular flexibility index (Phi) is 4.79. The van der Waals surface area contributed by atoms with E-state index in [1.165, 1.54) is 12.8 Å². The maximum absolute atomic E-state index is 13.2. The normalized spacial score (nSPS) is 24.1. The standard InChI is InChI=1S/C19H27NO3/c1-13-4-6-14(7-5-13)20(15-8-9-15)19(21)17-12-16(22-2)10-11-18(17)23-3/h10-15H,4-9H2,1-3H3. The monoisotopic (exact) mass is 317 g/mol. The lowest BCUT2D eigenvalue weighted by Gasteiger charge is -2.36. The van der Waals surface area contributed by atoms with Gasteiger partial charge in [-0.1, -0.05) is 6.92 Å². The summed E-state index contributed by atoms with van der Waals surface area (Å²) in [6.07, 6.45) is 6.94. The van der Waals surface area contributed by atoms with Crippen molar-refractivity contribution < 1.29 is 14.3 Å². The average Bonchev–Trinajstić information content (AvgIpc) is 3.41. The highest BCUT2D eigenvalue weighted by Crippen LogP contribution is 2.37. The van der Waals surface area contributed by atoms with Gasteiger partial charge in [0, 0.05) is 12.1 Å². The molecule has 1 aromatic rings. The van der Waals surface area contributed by atoms with Gasteiger partial charge in [-0.25, -0.2) is 0 Å². The molecule has 1 amide bonds. The quantitative estimate of drug-likeness (QED) is 0.827. The lowest BCUT2D eigenvalue weighted by molar-refractivity contribution is 0.0589. The van der Waals surface area contributed by atoms with Gasteiger partial charge in [0.25, 0.3) is 5.91 Å². The molecule has 0 atom stereocenters. The van der Waals surface area contributed by atoms with Crippen LogP contribution in [0.5, 0.6) is 11.5 Å². The lowest BCUT2D eigenvalue weighted by atomic mass is 9.86. The van der Waals surface area contributed by atoms with E-state index < -0.39 is 0 Å². The molecule has 4 heteroatoms. The van der Waals surface area contributed by atoms with E-state index in [1.54, 1.807) is 14.2 Å². The molecule has 4 nitrogen and oxygen atoms in total. The van der Waals surface area contributed by atoms with Crippen molar-refractivity contribution in [3.05, 3.63) is 23.8 Å². The molecule has 2 saturated carbocycles. The first-order valence-corrected chi connectivity index (χ1v) is 8.68. The molecule has 0 N–H and O–H groups in total. The third kappa shape index (κ3) is 3.46. The van der Waals surface area contributed by atoms with Crippen molar-refractivity contribution in [3.8, 4) is 11.5 Å². The number of nitrogens with zero attached hydrogens (tertiary/aromatic N) is 1. The number of hydrogen-bond acceptors (Lipinski definition) is 3. The summed E-state index contributed by atoms with van der Waals surface area (Å²) in [5, 5.41) is 0. The molecule has 0 heterocycles. The molecule has 2 aliphatic rings. The molecule has 1 aromatic carbocycles. The molecule has 0 spiro atoms. The van der Waals surface area contributed by atoms with Crippen LogP contribution in [0.2, 0.25) is 0 Å². The molecule has 0 aromatic heterocycles. The summed E-state index contributed by atoms with van der Waals surface area (Å²) >= 11 is 0. The van der Waals surface area contributed by atoms with E-state index in [-0.39, 0.29) is 5.91 Å². The van der Waals surface area contributed by atoms with Crippen LogP contribution in [0, 0.1) is 5.92 Å². The van der Waals surface area contributed by atoms with Gasteiger partial charge in [0.15, 0.2) is 0 Å². The first-order valence-electron chi connectivity index (χ1n) is 8.68. The Labute approximate surface area is 138 Å². The molecule has 126 valence electrons. The van der Waals surface area contributed by atoms with Crippen molar-refractivity contribution in [1.29, 1.82) is 0 Å². The maximum Gasteiger partial charge on any atom is 0.258 e. The fourth-order valence-electron chi connectivity index (χ4n) is 3.62. The van der Waals surface area contributed by atoms with Crippen LogP contribution in [0.1, 0.15) is 55.8 Å². The Morgan fingerprint density at radius 1 is 1.00 bits per heavy atom. The maximum atomic E-state index is 13.2. The van der Waals surface area contributed by atoms with E-state index >= 15 is 0 Å². The second-order valence-electron chi connectivity index (χ2n) is 6.92. The third-order valence-corrected chi connectivity index (χ3v) is 5.19. The van der Waals surface area contributed by atoms with Crippen LogP contribution in [-0.2, 0) is 0 Å². The number of methoxy groups -OCH3 is 2. The van der Waals surface area contributed by atoms with Gasteiger partial charge < -0.3 is 14.4 Å². The van der Waals surface area contributed by atoms with Crippen molar-refractivity contribution in [2.24, 2.45) is 5.92 Å². The van der Waals surface area contributed by atoms with Crippen molar-refractivity contribution in [3.63, 3.8) is 0 Å². The number of hydrogen-bond donors (Lipinski definition) is 0. The van der Waals surface area contributed by atoms with Gasteiger partial charge in [0.2, 0.25) is 0 Å². The summed E-state index contributed by atoms with van der Waals surface area (Å²) in [5.74, 6) is 2.21. The zero-order valence-electron chi connectivity index (χ0n) is 14.4. The average molecular weight is 317 g/mol. The molecule has 23 heavy (non-hydrogen) atoms. The van der Waals surface area contributed by atoms with Gasteiger partial charge >= 0.3 is 0 Å². The minimum absolute atomic E-state index is 0.0998. The second kappa shape index (κ2) is 6.81. The summed E-state index contributed by atoms with van der Waals surface area (Å²) in [6, 6.07) is 6.25. The summed E-state index contributed by atoms with van der Waals surface area (Å²) < 4.78 is 10.7. The Hall–Kier alpha value is -1.71. The van der Waals surface area contributed by atoms with Crippen LogP contribution in [0.3, 0.4) is 0 Å². The highest BCUT2D eigenvalue weighted by molar-refractivity contribution is 5.98. The van der Waals surface area contributed by atoms with Gasteiger partial charge in [-0.3, -0.25) is 4.79 Å². The highest BCUT2D eigenvalue weighted by atomic mass is 16.5. The Balaban J connectivity index is 1.86. The predicted octanol–water partition coefficient (Wildman–Crippen LogP) is 3.89. The van der Waals surface area contributed by atoms with E-state index in [2.05, 4.69) is 11.8 Å². The molecule has 0 bridgehead atoms. The first-order chi connectivity index (χ1) is 11.1. The summed E-state index contributed by atoms with van der Waals surface area (Å²) in [6.45, 7) is 2.31. The summed E-state index contributed by atoms with van der Waals surface area (Å²) in [4.78, 5) is 15.4. The van der Waals surface area contributed by atoms with Crippen LogP contribution in [-0.4, -0.2) is 37.1 Å². The van der Waals surface area contributed by atoms with Crippen molar-refractivity contribution in [2.45, 2.75) is 57.5 Å². The molecule has 0 radical (unpaired) electrons. The van der Waals surface area contributed by atoms with Crippen molar-refractivity contribution in [1.82, 2.24) is 4.90 Å². The lowest BCUT2D eigenvalue weighted by Crippen LogP contribution is -2.43. The minimum Gasteiger partial charge on any atom is -0.497 e. The predicted molar refractivity (Wildman–Crippen MR) is 90.2 cm³/mol. The Bertz CT molecular complexity index is 560. The topological polar surface area (TPSA) is 38.8 Å². The van der Waals surface area contributed by atoms with Crippen LogP contribution < -0.4 is 9.47 Å². The molecule has 3 rings (SSSR count). The van der Waals surface area contributed by atoms with Crippen LogP contribution in [0.15, 0.2) is 18.2 Å². The number of ether oxygens (including phenoxy) is 2. The van der Waals surface area contributed by atoms with E-state index in [0.29, 0.717) is 29.1 Å². The fraction of sp³-hybridized carbons (Fsp3) is 0.632. The zero-order chi connectivity index (χ0) is 16.4. The Morgan fingerprint density at radius 3 is 2.13 bits per heavy atom. The van der Waals surface area contributed by atoms with Crippen LogP contribution in [0.4, 0.5) is 0 Å².